The van der Waals surface area contributed by atoms with Gasteiger partial charge in [0.05, 0.1) is 5.56 Å². The highest BCUT2D eigenvalue weighted by atomic mass is 16.1. The molecule has 0 spiro atoms. The molecule has 0 saturated heterocycles. The van der Waals surface area contributed by atoms with E-state index in [0.29, 0.717) is 17.3 Å². The molecule has 1 heterocycles. The zero-order valence-corrected chi connectivity index (χ0v) is 9.49. The maximum absolute atomic E-state index is 11.6. The molecule has 1 aromatic rings. The van der Waals surface area contributed by atoms with Gasteiger partial charge in [0.2, 0.25) is 0 Å². The molecule has 3 atom stereocenters. The van der Waals surface area contributed by atoms with Crippen LogP contribution in [0, 0.1) is 18.8 Å². The largest absolute Gasteiger partial charge is 0.383 e. The number of fused-ring (bicyclic) bond motifs is 2. The zero-order chi connectivity index (χ0) is 11.3. The summed E-state index contributed by atoms with van der Waals surface area (Å²) in [4.78, 5) is 18.9. The molecular formula is C12H17N3O. The number of H-pyrrole nitrogens is 1. The van der Waals surface area contributed by atoms with E-state index >= 15 is 0 Å². The molecule has 2 saturated carbocycles. The van der Waals surface area contributed by atoms with E-state index in [0.717, 1.165) is 17.7 Å². The molecule has 2 aliphatic carbocycles. The van der Waals surface area contributed by atoms with Crippen LogP contribution in [0.25, 0.3) is 0 Å². The first-order valence-corrected chi connectivity index (χ1v) is 6.01. The van der Waals surface area contributed by atoms with Crippen molar-refractivity contribution in [3.05, 3.63) is 21.7 Å². The van der Waals surface area contributed by atoms with E-state index in [-0.39, 0.29) is 5.56 Å². The van der Waals surface area contributed by atoms with Crippen molar-refractivity contribution >= 4 is 5.82 Å². The summed E-state index contributed by atoms with van der Waals surface area (Å²) < 4.78 is 0. The van der Waals surface area contributed by atoms with Gasteiger partial charge < -0.3 is 10.7 Å². The summed E-state index contributed by atoms with van der Waals surface area (Å²) in [6.45, 7) is 1.71. The van der Waals surface area contributed by atoms with E-state index < -0.39 is 0 Å². The Balaban J connectivity index is 1.99. The van der Waals surface area contributed by atoms with Gasteiger partial charge in [-0.25, -0.2) is 4.98 Å². The summed E-state index contributed by atoms with van der Waals surface area (Å²) in [6.07, 6.45) is 5.12. The standard InChI is InChI=1S/C12H17N3O/c1-6-10(13)14-11(15-12(6)16)9-5-7-2-3-8(9)4-7/h7-9H,2-5H2,1H3,(H3,13,14,15,16). The number of nitrogens with zero attached hydrogens (tertiary/aromatic N) is 1. The van der Waals surface area contributed by atoms with Crippen LogP contribution in [0.3, 0.4) is 0 Å². The van der Waals surface area contributed by atoms with Crippen LogP contribution < -0.4 is 11.3 Å². The molecule has 4 nitrogen and oxygen atoms in total. The smallest absolute Gasteiger partial charge is 0.255 e. The molecule has 3 unspecified atom stereocenters. The van der Waals surface area contributed by atoms with Crippen LogP contribution in [0.4, 0.5) is 5.82 Å². The lowest BCUT2D eigenvalue weighted by Crippen LogP contribution is -2.21. The number of hydrogen-bond donors (Lipinski definition) is 2. The van der Waals surface area contributed by atoms with E-state index in [9.17, 15) is 4.79 Å². The lowest BCUT2D eigenvalue weighted by Gasteiger charge is -2.20. The van der Waals surface area contributed by atoms with E-state index in [1.54, 1.807) is 6.92 Å². The van der Waals surface area contributed by atoms with Crippen LogP contribution in [-0.4, -0.2) is 9.97 Å². The van der Waals surface area contributed by atoms with Gasteiger partial charge >= 0.3 is 0 Å². The summed E-state index contributed by atoms with van der Waals surface area (Å²) in [5.74, 6) is 3.22. The second kappa shape index (κ2) is 3.34. The number of anilines is 1. The van der Waals surface area contributed by atoms with Crippen LogP contribution in [0.15, 0.2) is 4.79 Å². The Labute approximate surface area is 94.3 Å². The number of nitrogens with two attached hydrogens (primary N) is 1. The molecule has 0 radical (unpaired) electrons. The summed E-state index contributed by atoms with van der Waals surface area (Å²) in [5, 5.41) is 0. The van der Waals surface area contributed by atoms with Gasteiger partial charge in [0.15, 0.2) is 0 Å². The number of aromatic nitrogens is 2. The van der Waals surface area contributed by atoms with Gasteiger partial charge in [-0.05, 0) is 38.0 Å². The maximum atomic E-state index is 11.6. The summed E-state index contributed by atoms with van der Waals surface area (Å²) in [7, 11) is 0. The van der Waals surface area contributed by atoms with Crippen molar-refractivity contribution in [1.82, 2.24) is 9.97 Å². The molecule has 86 valence electrons. The van der Waals surface area contributed by atoms with Crippen molar-refractivity contribution in [1.29, 1.82) is 0 Å². The Hall–Kier alpha value is -1.32. The van der Waals surface area contributed by atoms with Gasteiger partial charge in [-0.3, -0.25) is 4.79 Å². The Kier molecular flexibility index (Phi) is 2.06. The minimum absolute atomic E-state index is 0.0785. The van der Waals surface area contributed by atoms with Crippen LogP contribution in [-0.2, 0) is 0 Å². The van der Waals surface area contributed by atoms with Gasteiger partial charge in [-0.15, -0.1) is 0 Å². The topological polar surface area (TPSA) is 71.8 Å². The van der Waals surface area contributed by atoms with Crippen molar-refractivity contribution in [3.8, 4) is 0 Å². The third-order valence-corrected chi connectivity index (χ3v) is 4.30. The zero-order valence-electron chi connectivity index (χ0n) is 9.49. The Bertz CT molecular complexity index is 480. The maximum Gasteiger partial charge on any atom is 0.255 e. The Morgan fingerprint density at radius 2 is 2.19 bits per heavy atom. The van der Waals surface area contributed by atoms with Gasteiger partial charge in [-0.2, -0.15) is 0 Å². The Morgan fingerprint density at radius 3 is 2.75 bits per heavy atom. The van der Waals surface area contributed by atoms with Crippen LogP contribution in [0.2, 0.25) is 0 Å². The molecule has 3 rings (SSSR count). The van der Waals surface area contributed by atoms with Crippen molar-refractivity contribution < 1.29 is 0 Å². The third kappa shape index (κ3) is 1.36. The van der Waals surface area contributed by atoms with Gasteiger partial charge in [0.1, 0.15) is 11.6 Å². The first-order chi connectivity index (χ1) is 7.65. The first-order valence-electron chi connectivity index (χ1n) is 6.01. The lowest BCUT2D eigenvalue weighted by atomic mass is 9.88. The van der Waals surface area contributed by atoms with E-state index in [2.05, 4.69) is 9.97 Å². The minimum atomic E-state index is -0.0785. The third-order valence-electron chi connectivity index (χ3n) is 4.30. The number of nitrogens with one attached hydrogen (secondary N) is 1. The fraction of sp³-hybridized carbons (Fsp3) is 0.667. The average Bonchev–Trinajstić information content (AvgIpc) is 2.86. The predicted octanol–water partition coefficient (Wildman–Crippen LogP) is 1.56. The SMILES string of the molecule is Cc1c(N)nc(C2CC3CCC2C3)[nH]c1=O. The lowest BCUT2D eigenvalue weighted by molar-refractivity contribution is 0.405. The predicted molar refractivity (Wildman–Crippen MR) is 62.2 cm³/mol. The van der Waals surface area contributed by atoms with E-state index in [1.807, 2.05) is 0 Å². The molecular weight excluding hydrogens is 202 g/mol. The highest BCUT2D eigenvalue weighted by molar-refractivity contribution is 5.36. The molecule has 4 heteroatoms. The molecule has 0 aromatic carbocycles. The van der Waals surface area contributed by atoms with Crippen molar-refractivity contribution in [2.24, 2.45) is 11.8 Å². The van der Waals surface area contributed by atoms with Crippen LogP contribution in [0.1, 0.15) is 43.0 Å². The summed E-state index contributed by atoms with van der Waals surface area (Å²) >= 11 is 0. The molecule has 1 aromatic heterocycles. The van der Waals surface area contributed by atoms with Crippen molar-refractivity contribution in [3.63, 3.8) is 0 Å². The molecule has 2 aliphatic rings. The van der Waals surface area contributed by atoms with Crippen LogP contribution >= 0.6 is 0 Å². The quantitative estimate of drug-likeness (QED) is 0.753. The average molecular weight is 219 g/mol. The number of hydrogen-bond acceptors (Lipinski definition) is 3. The molecule has 3 N–H and O–H groups in total. The summed E-state index contributed by atoms with van der Waals surface area (Å²) in [5.41, 5.74) is 6.21. The van der Waals surface area contributed by atoms with Crippen LogP contribution in [0.5, 0.6) is 0 Å². The molecule has 0 amide bonds. The number of aromatic amines is 1. The fourth-order valence-electron chi connectivity index (χ4n) is 3.32. The fourth-order valence-corrected chi connectivity index (χ4v) is 3.32. The normalized spacial score (nSPS) is 32.2. The second-order valence-electron chi connectivity index (χ2n) is 5.24. The van der Waals surface area contributed by atoms with Gasteiger partial charge in [0.25, 0.3) is 5.56 Å². The number of rotatable bonds is 1. The van der Waals surface area contributed by atoms with Gasteiger partial charge in [0, 0.05) is 5.92 Å². The second-order valence-corrected chi connectivity index (χ2v) is 5.24. The number of nitrogen functional groups attached to an aromatic ring is 1. The summed E-state index contributed by atoms with van der Waals surface area (Å²) in [6, 6.07) is 0. The first kappa shape index (κ1) is 9.87. The highest BCUT2D eigenvalue weighted by Gasteiger charge is 2.41. The minimum Gasteiger partial charge on any atom is -0.383 e. The highest BCUT2D eigenvalue weighted by Crippen LogP contribution is 2.51. The van der Waals surface area contributed by atoms with Crippen molar-refractivity contribution in [2.75, 3.05) is 5.73 Å². The van der Waals surface area contributed by atoms with Gasteiger partial charge in [-0.1, -0.05) is 6.42 Å². The monoisotopic (exact) mass is 219 g/mol. The molecule has 16 heavy (non-hydrogen) atoms. The van der Waals surface area contributed by atoms with E-state index in [1.165, 1.54) is 25.7 Å². The molecule has 2 fully saturated rings. The molecule has 0 aliphatic heterocycles. The van der Waals surface area contributed by atoms with E-state index in [4.69, 9.17) is 5.73 Å². The molecule has 2 bridgehead atoms. The Morgan fingerprint density at radius 1 is 1.38 bits per heavy atom. The van der Waals surface area contributed by atoms with Crippen molar-refractivity contribution in [2.45, 2.75) is 38.5 Å².